The zero-order valence-corrected chi connectivity index (χ0v) is 10.4. The van der Waals surface area contributed by atoms with Gasteiger partial charge in [-0.2, -0.15) is 0 Å². The number of nitrogens with one attached hydrogen (secondary N) is 1. The van der Waals surface area contributed by atoms with Crippen molar-refractivity contribution in [2.75, 3.05) is 4.72 Å². The van der Waals surface area contributed by atoms with E-state index in [4.69, 9.17) is 0 Å². The minimum absolute atomic E-state index is 0.0693. The predicted molar refractivity (Wildman–Crippen MR) is 69.1 cm³/mol. The molecule has 0 aliphatic carbocycles. The topological polar surface area (TPSA) is 75.6 Å². The molecule has 0 heterocycles. The molecular weight excluding hydrogens is 271 g/mol. The van der Waals surface area contributed by atoms with Crippen molar-refractivity contribution in [2.45, 2.75) is 4.90 Å². The number of rotatable bonds is 4. The lowest BCUT2D eigenvalue weighted by Crippen LogP contribution is -2.12. The van der Waals surface area contributed by atoms with E-state index < -0.39 is 21.5 Å². The summed E-state index contributed by atoms with van der Waals surface area (Å²) in [6.45, 7) is 0. The second-order valence-electron chi connectivity index (χ2n) is 3.68. The largest absolute Gasteiger partial charge is 0.280 e. The Morgan fingerprint density at radius 1 is 1.05 bits per heavy atom. The zero-order chi connectivity index (χ0) is 13.9. The molecule has 5 nitrogen and oxygen atoms in total. The summed E-state index contributed by atoms with van der Waals surface area (Å²) in [5.41, 5.74) is -0.381. The molecule has 1 N–H and O–H groups in total. The maximum atomic E-state index is 13.1. The second-order valence-corrected chi connectivity index (χ2v) is 5.36. The van der Waals surface area contributed by atoms with E-state index in [9.17, 15) is 17.7 Å². The molecule has 0 aliphatic rings. The van der Waals surface area contributed by atoms with Gasteiger partial charge < -0.3 is 0 Å². The van der Waals surface area contributed by atoms with E-state index in [1.807, 2.05) is 0 Å². The summed E-state index contributed by atoms with van der Waals surface area (Å²) >= 11 is 0. The molecule has 98 valence electrons. The monoisotopic (exact) mass is 280 g/mol. The summed E-state index contributed by atoms with van der Waals surface area (Å²) in [4.78, 5) is 10.4. The molecular formula is C12H9FN2O3S. The van der Waals surface area contributed by atoms with Gasteiger partial charge in [-0.05, 0) is 35.5 Å². The number of sulfonamides is 1. The normalized spacial score (nSPS) is 11.0. The van der Waals surface area contributed by atoms with Crippen LogP contribution in [-0.2, 0) is 10.0 Å². The van der Waals surface area contributed by atoms with Crippen LogP contribution >= 0.6 is 0 Å². The number of nitroso groups, excluding NO2 is 1. The highest BCUT2D eigenvalue weighted by atomic mass is 32.2. The maximum absolute atomic E-state index is 13.1. The summed E-state index contributed by atoms with van der Waals surface area (Å²) < 4.78 is 39.2. The molecule has 2 rings (SSSR count). The number of nitrogens with zero attached hydrogens (tertiary/aromatic N) is 1. The molecule has 2 aromatic carbocycles. The SMILES string of the molecule is O=Nc1cc(NS(=O)(=O)c2ccccc2)ccc1F. The Balaban J connectivity index is 2.33. The standard InChI is InChI=1S/C12H9FN2O3S/c13-11-7-6-9(8-12(11)14-16)15-19(17,18)10-4-2-1-3-5-10/h1-8,15H. The zero-order valence-electron chi connectivity index (χ0n) is 9.58. The van der Waals surface area contributed by atoms with Crippen molar-refractivity contribution in [3.63, 3.8) is 0 Å². The summed E-state index contributed by atoms with van der Waals surface area (Å²) in [5.74, 6) is -0.808. The summed E-state index contributed by atoms with van der Waals surface area (Å²) in [5, 5.41) is 2.47. The lowest BCUT2D eigenvalue weighted by atomic mass is 10.3. The average molecular weight is 280 g/mol. The van der Waals surface area contributed by atoms with Gasteiger partial charge in [0, 0.05) is 0 Å². The first-order valence-electron chi connectivity index (χ1n) is 5.24. The highest BCUT2D eigenvalue weighted by Crippen LogP contribution is 2.24. The average Bonchev–Trinajstić information content (AvgIpc) is 2.42. The third kappa shape index (κ3) is 2.94. The minimum atomic E-state index is -3.77. The molecule has 0 atom stereocenters. The number of benzene rings is 2. The Hall–Kier alpha value is -2.28. The Kier molecular flexibility index (Phi) is 3.57. The van der Waals surface area contributed by atoms with Crippen LogP contribution in [0.3, 0.4) is 0 Å². The van der Waals surface area contributed by atoms with Gasteiger partial charge in [-0.1, -0.05) is 18.2 Å². The van der Waals surface area contributed by atoms with Crippen molar-refractivity contribution in [3.8, 4) is 0 Å². The summed E-state index contributed by atoms with van der Waals surface area (Å²) in [6.07, 6.45) is 0. The molecule has 19 heavy (non-hydrogen) atoms. The van der Waals surface area contributed by atoms with Crippen molar-refractivity contribution >= 4 is 21.4 Å². The summed E-state index contributed by atoms with van der Waals surface area (Å²) in [6, 6.07) is 10.9. The van der Waals surface area contributed by atoms with Crippen LogP contribution in [0.25, 0.3) is 0 Å². The molecule has 0 bridgehead atoms. The first kappa shape index (κ1) is 13.2. The van der Waals surface area contributed by atoms with Crippen LogP contribution < -0.4 is 4.72 Å². The van der Waals surface area contributed by atoms with Crippen molar-refractivity contribution in [3.05, 3.63) is 59.3 Å². The predicted octanol–water partition coefficient (Wildman–Crippen LogP) is 3.02. The van der Waals surface area contributed by atoms with Gasteiger partial charge in [0.1, 0.15) is 5.69 Å². The van der Waals surface area contributed by atoms with E-state index in [0.29, 0.717) is 0 Å². The number of anilines is 1. The first-order chi connectivity index (χ1) is 9.03. The van der Waals surface area contributed by atoms with Crippen molar-refractivity contribution in [1.82, 2.24) is 0 Å². The molecule has 7 heteroatoms. The van der Waals surface area contributed by atoms with E-state index in [2.05, 4.69) is 9.90 Å². The van der Waals surface area contributed by atoms with Crippen LogP contribution in [-0.4, -0.2) is 8.42 Å². The Morgan fingerprint density at radius 3 is 2.37 bits per heavy atom. The van der Waals surface area contributed by atoms with Gasteiger partial charge in [0.05, 0.1) is 10.6 Å². The van der Waals surface area contributed by atoms with Gasteiger partial charge in [0.2, 0.25) is 0 Å². The molecule has 0 aromatic heterocycles. The molecule has 0 aliphatic heterocycles. The molecule has 0 saturated carbocycles. The molecule has 0 radical (unpaired) electrons. The first-order valence-corrected chi connectivity index (χ1v) is 6.72. The van der Waals surface area contributed by atoms with Gasteiger partial charge in [-0.25, -0.2) is 12.8 Å². The van der Waals surface area contributed by atoms with Crippen LogP contribution in [0.2, 0.25) is 0 Å². The van der Waals surface area contributed by atoms with Gasteiger partial charge in [-0.15, -0.1) is 4.91 Å². The van der Waals surface area contributed by atoms with Crippen molar-refractivity contribution < 1.29 is 12.8 Å². The fourth-order valence-corrected chi connectivity index (χ4v) is 2.53. The lowest BCUT2D eigenvalue weighted by Gasteiger charge is -2.08. The number of halogens is 1. The third-order valence-electron chi connectivity index (χ3n) is 2.35. The Bertz CT molecular complexity index is 702. The van der Waals surface area contributed by atoms with E-state index >= 15 is 0 Å². The fourth-order valence-electron chi connectivity index (χ4n) is 1.46. The maximum Gasteiger partial charge on any atom is 0.261 e. The van der Waals surface area contributed by atoms with Crippen LogP contribution in [0.5, 0.6) is 0 Å². The van der Waals surface area contributed by atoms with Gasteiger partial charge >= 0.3 is 0 Å². The Morgan fingerprint density at radius 2 is 1.74 bits per heavy atom. The van der Waals surface area contributed by atoms with Gasteiger partial charge in [0.15, 0.2) is 5.82 Å². The van der Waals surface area contributed by atoms with Crippen LogP contribution in [0.4, 0.5) is 15.8 Å². The van der Waals surface area contributed by atoms with Crippen molar-refractivity contribution in [1.29, 1.82) is 0 Å². The number of hydrogen-bond donors (Lipinski definition) is 1. The summed E-state index contributed by atoms with van der Waals surface area (Å²) in [7, 11) is -3.77. The molecule has 2 aromatic rings. The van der Waals surface area contributed by atoms with Crippen LogP contribution in [0.15, 0.2) is 58.6 Å². The second kappa shape index (κ2) is 5.15. The quantitative estimate of drug-likeness (QED) is 0.874. The fraction of sp³-hybridized carbons (Fsp3) is 0. The Labute approximate surface area is 109 Å². The van der Waals surface area contributed by atoms with E-state index in [-0.39, 0.29) is 10.6 Å². The molecule has 0 amide bonds. The van der Waals surface area contributed by atoms with E-state index in [1.165, 1.54) is 18.2 Å². The van der Waals surface area contributed by atoms with E-state index in [1.54, 1.807) is 18.2 Å². The van der Waals surface area contributed by atoms with Gasteiger partial charge in [-0.3, -0.25) is 4.72 Å². The smallest absolute Gasteiger partial charge is 0.261 e. The molecule has 0 fully saturated rings. The van der Waals surface area contributed by atoms with E-state index in [0.717, 1.165) is 12.1 Å². The van der Waals surface area contributed by atoms with Crippen LogP contribution in [0.1, 0.15) is 0 Å². The van der Waals surface area contributed by atoms with Crippen molar-refractivity contribution in [2.24, 2.45) is 5.18 Å². The third-order valence-corrected chi connectivity index (χ3v) is 3.75. The van der Waals surface area contributed by atoms with Gasteiger partial charge in [0.25, 0.3) is 10.0 Å². The lowest BCUT2D eigenvalue weighted by molar-refractivity contribution is 0.601. The number of hydrogen-bond acceptors (Lipinski definition) is 4. The minimum Gasteiger partial charge on any atom is -0.280 e. The molecule has 0 unspecified atom stereocenters. The molecule has 0 spiro atoms. The highest BCUT2D eigenvalue weighted by Gasteiger charge is 2.14. The molecule has 0 saturated heterocycles. The highest BCUT2D eigenvalue weighted by molar-refractivity contribution is 7.92. The van der Waals surface area contributed by atoms with Crippen LogP contribution in [0, 0.1) is 10.7 Å².